The summed E-state index contributed by atoms with van der Waals surface area (Å²) in [7, 11) is -4.39. The molecule has 1 aromatic carbocycles. The lowest BCUT2D eigenvalue weighted by Gasteiger charge is -2.13. The largest absolute Gasteiger partial charge is 0.480 e. The van der Waals surface area contributed by atoms with Gasteiger partial charge in [0.25, 0.3) is 0 Å². The highest BCUT2D eigenvalue weighted by Gasteiger charge is 2.25. The zero-order valence-corrected chi connectivity index (χ0v) is 10.3. The van der Waals surface area contributed by atoms with Gasteiger partial charge in [-0.15, -0.1) is 0 Å². The maximum Gasteiger partial charge on any atom is 0.321 e. The Morgan fingerprint density at radius 2 is 1.79 bits per heavy atom. The molecule has 0 aliphatic carbocycles. The van der Waals surface area contributed by atoms with Gasteiger partial charge in [0, 0.05) is 12.7 Å². The van der Waals surface area contributed by atoms with Gasteiger partial charge in [-0.25, -0.2) is 17.2 Å². The first-order valence-corrected chi connectivity index (χ1v) is 6.56. The SMILES string of the molecule is O=C(O)[C@H](CCO)NS(=O)(=O)c1cc(F)cc(F)c1. The number of carboxylic acids is 1. The van der Waals surface area contributed by atoms with Crippen LogP contribution in [0.15, 0.2) is 23.1 Å². The molecule has 1 rings (SSSR count). The van der Waals surface area contributed by atoms with Crippen molar-refractivity contribution in [3.8, 4) is 0 Å². The lowest BCUT2D eigenvalue weighted by molar-refractivity contribution is -0.139. The van der Waals surface area contributed by atoms with E-state index in [9.17, 15) is 22.0 Å². The van der Waals surface area contributed by atoms with Crippen molar-refractivity contribution in [2.24, 2.45) is 0 Å². The molecule has 0 unspecified atom stereocenters. The molecule has 3 N–H and O–H groups in total. The van der Waals surface area contributed by atoms with Crippen LogP contribution >= 0.6 is 0 Å². The molecular weight excluding hydrogens is 284 g/mol. The summed E-state index contributed by atoms with van der Waals surface area (Å²) in [6.07, 6.45) is -0.369. The predicted molar refractivity (Wildman–Crippen MR) is 59.8 cm³/mol. The normalized spacial score (nSPS) is 13.2. The molecule has 19 heavy (non-hydrogen) atoms. The van der Waals surface area contributed by atoms with Crippen molar-refractivity contribution in [2.75, 3.05) is 6.61 Å². The second-order valence-electron chi connectivity index (χ2n) is 3.63. The molecule has 0 fully saturated rings. The Bertz CT molecular complexity index is 555. The van der Waals surface area contributed by atoms with Crippen LogP contribution in [0.2, 0.25) is 0 Å². The first-order chi connectivity index (χ1) is 8.76. The van der Waals surface area contributed by atoms with Gasteiger partial charge in [0.15, 0.2) is 0 Å². The maximum atomic E-state index is 12.9. The highest BCUT2D eigenvalue weighted by molar-refractivity contribution is 7.89. The number of aliphatic hydroxyl groups is 1. The Hall–Kier alpha value is -1.58. The monoisotopic (exact) mass is 295 g/mol. The number of aliphatic hydroxyl groups excluding tert-OH is 1. The van der Waals surface area contributed by atoms with Crippen molar-refractivity contribution in [3.05, 3.63) is 29.8 Å². The van der Waals surface area contributed by atoms with E-state index in [-0.39, 0.29) is 6.42 Å². The molecule has 106 valence electrons. The Labute approximate surface area is 107 Å². The van der Waals surface area contributed by atoms with Crippen LogP contribution in [0.25, 0.3) is 0 Å². The summed E-state index contributed by atoms with van der Waals surface area (Å²) in [4.78, 5) is 10.0. The fourth-order valence-corrected chi connectivity index (χ4v) is 2.57. The molecule has 6 nitrogen and oxygen atoms in total. The minimum Gasteiger partial charge on any atom is -0.480 e. The molecule has 1 aromatic rings. The van der Waals surface area contributed by atoms with Crippen LogP contribution < -0.4 is 4.72 Å². The van der Waals surface area contributed by atoms with Crippen molar-refractivity contribution < 1.29 is 32.2 Å². The summed E-state index contributed by atoms with van der Waals surface area (Å²) in [5.74, 6) is -3.71. The van der Waals surface area contributed by atoms with Crippen LogP contribution in [-0.4, -0.2) is 37.2 Å². The van der Waals surface area contributed by atoms with Gasteiger partial charge in [-0.1, -0.05) is 0 Å². The van der Waals surface area contributed by atoms with Gasteiger partial charge < -0.3 is 10.2 Å². The molecule has 0 amide bonds. The highest BCUT2D eigenvalue weighted by Crippen LogP contribution is 2.14. The van der Waals surface area contributed by atoms with E-state index in [2.05, 4.69) is 0 Å². The van der Waals surface area contributed by atoms with Crippen molar-refractivity contribution in [2.45, 2.75) is 17.4 Å². The van der Waals surface area contributed by atoms with E-state index in [0.29, 0.717) is 18.2 Å². The zero-order valence-electron chi connectivity index (χ0n) is 9.51. The van der Waals surface area contributed by atoms with Crippen molar-refractivity contribution >= 4 is 16.0 Å². The molecule has 0 radical (unpaired) electrons. The minimum absolute atomic E-state index is 0.369. The van der Waals surface area contributed by atoms with E-state index in [0.717, 1.165) is 0 Å². The standard InChI is InChI=1S/C10H11F2NO5S/c11-6-3-7(12)5-8(4-6)19(17,18)13-9(1-2-14)10(15)16/h3-5,9,13-14H,1-2H2,(H,15,16)/t9-/m0/s1. The van der Waals surface area contributed by atoms with E-state index in [1.54, 1.807) is 4.72 Å². The zero-order chi connectivity index (χ0) is 14.6. The summed E-state index contributed by atoms with van der Waals surface area (Å²) in [5.41, 5.74) is 0. The van der Waals surface area contributed by atoms with E-state index in [1.807, 2.05) is 0 Å². The predicted octanol–water partition coefficient (Wildman–Crippen LogP) is 0.0787. The number of rotatable bonds is 6. The van der Waals surface area contributed by atoms with Crippen molar-refractivity contribution in [1.82, 2.24) is 4.72 Å². The third-order valence-electron chi connectivity index (χ3n) is 2.16. The average Bonchev–Trinajstić information content (AvgIpc) is 2.26. The molecule has 0 saturated heterocycles. The first kappa shape index (κ1) is 15.5. The molecule has 9 heteroatoms. The number of nitrogens with one attached hydrogen (secondary N) is 1. The van der Waals surface area contributed by atoms with Crippen molar-refractivity contribution in [3.63, 3.8) is 0 Å². The number of aliphatic carboxylic acids is 1. The molecule has 0 aromatic heterocycles. The van der Waals surface area contributed by atoms with E-state index >= 15 is 0 Å². The van der Waals surface area contributed by atoms with Gasteiger partial charge >= 0.3 is 5.97 Å². The number of carboxylic acid groups (broad SMARTS) is 1. The molecule has 0 aliphatic heterocycles. The smallest absolute Gasteiger partial charge is 0.321 e. The average molecular weight is 295 g/mol. The summed E-state index contributed by atoms with van der Waals surface area (Å²) in [6.45, 7) is -0.559. The third-order valence-corrected chi connectivity index (χ3v) is 3.61. The van der Waals surface area contributed by atoms with E-state index in [1.165, 1.54) is 0 Å². The fourth-order valence-electron chi connectivity index (χ4n) is 1.30. The molecule has 1 atom stereocenters. The van der Waals surface area contributed by atoms with Gasteiger partial charge in [-0.3, -0.25) is 4.79 Å². The quantitative estimate of drug-likeness (QED) is 0.689. The van der Waals surface area contributed by atoms with Crippen molar-refractivity contribution in [1.29, 1.82) is 0 Å². The molecular formula is C10H11F2NO5S. The number of hydrogen-bond donors (Lipinski definition) is 3. The lowest BCUT2D eigenvalue weighted by Crippen LogP contribution is -2.41. The van der Waals surface area contributed by atoms with Crippen LogP contribution in [0.5, 0.6) is 0 Å². The third kappa shape index (κ3) is 4.23. The topological polar surface area (TPSA) is 104 Å². The second-order valence-corrected chi connectivity index (χ2v) is 5.34. The van der Waals surface area contributed by atoms with Gasteiger partial charge in [-0.2, -0.15) is 4.72 Å². The summed E-state index contributed by atoms with van der Waals surface area (Å²) >= 11 is 0. The Morgan fingerprint density at radius 1 is 1.26 bits per heavy atom. The number of hydrogen-bond acceptors (Lipinski definition) is 4. The van der Waals surface area contributed by atoms with Gasteiger partial charge in [-0.05, 0) is 18.6 Å². The first-order valence-electron chi connectivity index (χ1n) is 5.08. The molecule has 0 bridgehead atoms. The lowest BCUT2D eigenvalue weighted by atomic mass is 10.2. The van der Waals surface area contributed by atoms with Crippen LogP contribution in [0, 0.1) is 11.6 Å². The van der Waals surface area contributed by atoms with Gasteiger partial charge in [0.05, 0.1) is 4.90 Å². The number of halogens is 2. The number of sulfonamides is 1. The minimum atomic E-state index is -4.39. The molecule has 0 heterocycles. The Morgan fingerprint density at radius 3 is 2.21 bits per heavy atom. The number of carbonyl (C=O) groups is 1. The van der Waals surface area contributed by atoms with Crippen LogP contribution in [0.3, 0.4) is 0 Å². The van der Waals surface area contributed by atoms with E-state index in [4.69, 9.17) is 10.2 Å². The molecule has 0 spiro atoms. The van der Waals surface area contributed by atoms with Gasteiger partial charge in [0.2, 0.25) is 10.0 Å². The molecule has 0 saturated carbocycles. The van der Waals surface area contributed by atoms with Crippen LogP contribution in [-0.2, 0) is 14.8 Å². The molecule has 0 aliphatic rings. The maximum absolute atomic E-state index is 12.9. The highest BCUT2D eigenvalue weighted by atomic mass is 32.2. The van der Waals surface area contributed by atoms with E-state index < -0.39 is 45.2 Å². The van der Waals surface area contributed by atoms with Gasteiger partial charge in [0.1, 0.15) is 17.7 Å². The summed E-state index contributed by atoms with van der Waals surface area (Å²) < 4.78 is 51.0. The Balaban J connectivity index is 3.06. The number of benzene rings is 1. The Kier molecular flexibility index (Phi) is 4.92. The van der Waals surface area contributed by atoms with Crippen LogP contribution in [0.4, 0.5) is 8.78 Å². The summed E-state index contributed by atoms with van der Waals surface area (Å²) in [5, 5.41) is 17.4. The fraction of sp³-hybridized carbons (Fsp3) is 0.300. The second kappa shape index (κ2) is 6.04. The van der Waals surface area contributed by atoms with Crippen LogP contribution in [0.1, 0.15) is 6.42 Å². The summed E-state index contributed by atoms with van der Waals surface area (Å²) in [6, 6.07) is 0.0230.